The highest BCUT2D eigenvalue weighted by molar-refractivity contribution is 7.90. The van der Waals surface area contributed by atoms with Crippen molar-refractivity contribution in [3.63, 3.8) is 0 Å². The van der Waals surface area contributed by atoms with E-state index in [4.69, 9.17) is 5.73 Å². The van der Waals surface area contributed by atoms with Gasteiger partial charge in [-0.25, -0.2) is 8.42 Å². The van der Waals surface area contributed by atoms with E-state index in [9.17, 15) is 13.2 Å². The Morgan fingerprint density at radius 1 is 1.25 bits per heavy atom. The van der Waals surface area contributed by atoms with E-state index in [0.29, 0.717) is 23.5 Å². The average molecular weight is 299 g/mol. The molecule has 0 aliphatic rings. The highest BCUT2D eigenvalue weighted by Crippen LogP contribution is 2.24. The van der Waals surface area contributed by atoms with Crippen molar-refractivity contribution in [2.45, 2.75) is 0 Å². The van der Waals surface area contributed by atoms with Crippen molar-refractivity contribution >= 4 is 27.1 Å². The van der Waals surface area contributed by atoms with Crippen LogP contribution < -0.4 is 10.6 Å². The third-order valence-electron chi connectivity index (χ3n) is 2.89. The van der Waals surface area contributed by atoms with E-state index in [-0.39, 0.29) is 11.7 Å². The molecule has 1 amide bonds. The Labute approximate surface area is 120 Å². The molecule has 1 aromatic rings. The van der Waals surface area contributed by atoms with E-state index in [0.717, 1.165) is 0 Å². The molecule has 0 heterocycles. The molecule has 20 heavy (non-hydrogen) atoms. The number of nitrogens with zero attached hydrogens (tertiary/aromatic N) is 2. The lowest BCUT2D eigenvalue weighted by atomic mass is 10.1. The normalized spacial score (nSPS) is 11.2. The summed E-state index contributed by atoms with van der Waals surface area (Å²) in [6, 6.07) is 4.99. The molecular formula is C13H21N3O3S. The van der Waals surface area contributed by atoms with Crippen LogP contribution in [-0.2, 0) is 9.84 Å². The van der Waals surface area contributed by atoms with Crippen molar-refractivity contribution in [2.24, 2.45) is 0 Å². The van der Waals surface area contributed by atoms with Crippen LogP contribution in [0.15, 0.2) is 18.2 Å². The van der Waals surface area contributed by atoms with Crippen LogP contribution in [0.3, 0.4) is 0 Å². The number of anilines is 2. The summed E-state index contributed by atoms with van der Waals surface area (Å²) >= 11 is 0. The van der Waals surface area contributed by atoms with E-state index in [1.54, 1.807) is 44.2 Å². The molecule has 0 spiro atoms. The molecule has 0 saturated carbocycles. The Balaban J connectivity index is 2.99. The van der Waals surface area contributed by atoms with Crippen molar-refractivity contribution in [1.82, 2.24) is 4.90 Å². The van der Waals surface area contributed by atoms with Crippen LogP contribution >= 0.6 is 0 Å². The molecule has 0 radical (unpaired) electrons. The largest absolute Gasteiger partial charge is 0.397 e. The summed E-state index contributed by atoms with van der Waals surface area (Å²) in [5.41, 5.74) is 7.57. The minimum absolute atomic E-state index is 0.0365. The number of hydrogen-bond donors (Lipinski definition) is 1. The SMILES string of the molecule is CN(C)C(=O)c1ccc(N)c(N(C)CCS(C)(=O)=O)c1. The van der Waals surface area contributed by atoms with E-state index in [1.165, 1.54) is 11.2 Å². The van der Waals surface area contributed by atoms with Gasteiger partial charge in [0.05, 0.1) is 17.1 Å². The Kier molecular flexibility index (Phi) is 4.99. The van der Waals surface area contributed by atoms with Gasteiger partial charge in [0, 0.05) is 39.5 Å². The fraction of sp³-hybridized carbons (Fsp3) is 0.462. The fourth-order valence-corrected chi connectivity index (χ4v) is 2.29. The highest BCUT2D eigenvalue weighted by Gasteiger charge is 2.13. The molecule has 2 N–H and O–H groups in total. The molecule has 1 aromatic carbocycles. The molecule has 0 fully saturated rings. The topological polar surface area (TPSA) is 83.7 Å². The molecule has 7 heteroatoms. The Morgan fingerprint density at radius 3 is 2.35 bits per heavy atom. The molecule has 0 aliphatic carbocycles. The maximum absolute atomic E-state index is 11.9. The highest BCUT2D eigenvalue weighted by atomic mass is 32.2. The summed E-state index contributed by atoms with van der Waals surface area (Å²) in [5, 5.41) is 0. The van der Waals surface area contributed by atoms with Crippen molar-refractivity contribution < 1.29 is 13.2 Å². The predicted octanol–water partition coefficient (Wildman–Crippen LogP) is 0.451. The summed E-state index contributed by atoms with van der Waals surface area (Å²) in [5.74, 6) is -0.0859. The summed E-state index contributed by atoms with van der Waals surface area (Å²) < 4.78 is 22.4. The van der Waals surface area contributed by atoms with Crippen molar-refractivity contribution in [2.75, 3.05) is 50.3 Å². The molecule has 112 valence electrons. The number of sulfone groups is 1. The second kappa shape index (κ2) is 6.13. The third kappa shape index (κ3) is 4.41. The third-order valence-corrected chi connectivity index (χ3v) is 3.82. The lowest BCUT2D eigenvalue weighted by molar-refractivity contribution is 0.0827. The van der Waals surface area contributed by atoms with Gasteiger partial charge in [-0.3, -0.25) is 4.79 Å². The van der Waals surface area contributed by atoms with Gasteiger partial charge < -0.3 is 15.5 Å². The molecule has 0 saturated heterocycles. The van der Waals surface area contributed by atoms with Crippen LogP contribution in [-0.4, -0.2) is 58.9 Å². The number of rotatable bonds is 5. The summed E-state index contributed by atoms with van der Waals surface area (Å²) in [6.45, 7) is 0.322. The van der Waals surface area contributed by atoms with Gasteiger partial charge in [-0.2, -0.15) is 0 Å². The van der Waals surface area contributed by atoms with E-state index in [2.05, 4.69) is 0 Å². The van der Waals surface area contributed by atoms with Crippen LogP contribution in [0.2, 0.25) is 0 Å². The zero-order valence-electron chi connectivity index (χ0n) is 12.3. The Bertz CT molecular complexity index is 597. The fourth-order valence-electron chi connectivity index (χ4n) is 1.69. The zero-order valence-corrected chi connectivity index (χ0v) is 13.1. The first-order valence-electron chi connectivity index (χ1n) is 6.12. The minimum atomic E-state index is -3.04. The Hall–Kier alpha value is -1.76. The zero-order chi connectivity index (χ0) is 15.5. The summed E-state index contributed by atoms with van der Waals surface area (Å²) in [4.78, 5) is 15.1. The number of hydrogen-bond acceptors (Lipinski definition) is 5. The monoisotopic (exact) mass is 299 g/mol. The van der Waals surface area contributed by atoms with Gasteiger partial charge in [0.15, 0.2) is 0 Å². The molecule has 1 rings (SSSR count). The summed E-state index contributed by atoms with van der Waals surface area (Å²) in [6.07, 6.45) is 1.19. The molecular weight excluding hydrogens is 278 g/mol. The number of nitrogen functional groups attached to an aromatic ring is 1. The van der Waals surface area contributed by atoms with Gasteiger partial charge in [-0.15, -0.1) is 0 Å². The number of amides is 1. The minimum Gasteiger partial charge on any atom is -0.397 e. The first-order valence-corrected chi connectivity index (χ1v) is 8.18. The first-order chi connectivity index (χ1) is 9.11. The van der Waals surface area contributed by atoms with E-state index >= 15 is 0 Å². The van der Waals surface area contributed by atoms with Gasteiger partial charge in [-0.1, -0.05) is 0 Å². The number of carbonyl (C=O) groups is 1. The maximum atomic E-state index is 11.9. The average Bonchev–Trinajstić information content (AvgIpc) is 2.34. The van der Waals surface area contributed by atoms with E-state index < -0.39 is 9.84 Å². The first kappa shape index (κ1) is 16.3. The van der Waals surface area contributed by atoms with Crippen molar-refractivity contribution in [1.29, 1.82) is 0 Å². The van der Waals surface area contributed by atoms with Crippen LogP contribution in [0.5, 0.6) is 0 Å². The maximum Gasteiger partial charge on any atom is 0.253 e. The second-order valence-electron chi connectivity index (χ2n) is 5.02. The number of benzene rings is 1. The van der Waals surface area contributed by atoms with Crippen LogP contribution in [0.25, 0.3) is 0 Å². The van der Waals surface area contributed by atoms with Gasteiger partial charge in [0.25, 0.3) is 5.91 Å². The van der Waals surface area contributed by atoms with Gasteiger partial charge >= 0.3 is 0 Å². The van der Waals surface area contributed by atoms with Gasteiger partial charge in [0.1, 0.15) is 9.84 Å². The van der Waals surface area contributed by atoms with Crippen LogP contribution in [0.1, 0.15) is 10.4 Å². The molecule has 6 nitrogen and oxygen atoms in total. The smallest absolute Gasteiger partial charge is 0.253 e. The molecule has 0 aromatic heterocycles. The predicted molar refractivity (Wildman–Crippen MR) is 81.9 cm³/mol. The van der Waals surface area contributed by atoms with Crippen molar-refractivity contribution in [3.8, 4) is 0 Å². The molecule has 0 aliphatic heterocycles. The molecule has 0 bridgehead atoms. The van der Waals surface area contributed by atoms with Crippen LogP contribution in [0, 0.1) is 0 Å². The second-order valence-corrected chi connectivity index (χ2v) is 7.28. The molecule has 0 unspecified atom stereocenters. The van der Waals surface area contributed by atoms with E-state index in [1.807, 2.05) is 0 Å². The number of nitrogens with two attached hydrogens (primary N) is 1. The van der Waals surface area contributed by atoms with Gasteiger partial charge in [-0.05, 0) is 18.2 Å². The van der Waals surface area contributed by atoms with Crippen LogP contribution in [0.4, 0.5) is 11.4 Å². The number of carbonyl (C=O) groups excluding carboxylic acids is 1. The van der Waals surface area contributed by atoms with Gasteiger partial charge in [0.2, 0.25) is 0 Å². The lowest BCUT2D eigenvalue weighted by Crippen LogP contribution is -2.26. The quantitative estimate of drug-likeness (QED) is 0.798. The Morgan fingerprint density at radius 2 is 1.85 bits per heavy atom. The van der Waals surface area contributed by atoms with Crippen molar-refractivity contribution in [3.05, 3.63) is 23.8 Å². The molecule has 0 atom stereocenters. The standard InChI is InChI=1S/C13H21N3O3S/c1-15(2)13(17)10-5-6-11(14)12(9-10)16(3)7-8-20(4,18)19/h5-6,9H,7-8,14H2,1-4H3. The summed E-state index contributed by atoms with van der Waals surface area (Å²) in [7, 11) is 2.06. The lowest BCUT2D eigenvalue weighted by Gasteiger charge is -2.22.